The lowest BCUT2D eigenvalue weighted by atomic mass is 10.1. The number of carbonyl (C=O) groups is 1. The molecule has 2 aromatic carbocycles. The predicted octanol–water partition coefficient (Wildman–Crippen LogP) is 4.04. The van der Waals surface area contributed by atoms with Crippen LogP contribution in [-0.2, 0) is 11.3 Å². The summed E-state index contributed by atoms with van der Waals surface area (Å²) in [6, 6.07) is 18.5. The predicted molar refractivity (Wildman–Crippen MR) is 114 cm³/mol. The van der Waals surface area contributed by atoms with Crippen molar-refractivity contribution in [1.29, 1.82) is 0 Å². The number of anilines is 1. The van der Waals surface area contributed by atoms with E-state index in [9.17, 15) is 9.59 Å². The smallest absolute Gasteiger partial charge is 0.266 e. The lowest BCUT2D eigenvalue weighted by Gasteiger charge is -2.09. The fourth-order valence-corrected chi connectivity index (χ4v) is 2.90. The van der Waals surface area contributed by atoms with Gasteiger partial charge >= 0.3 is 0 Å². The highest BCUT2D eigenvalue weighted by atomic mass is 16.5. The summed E-state index contributed by atoms with van der Waals surface area (Å²) in [5.41, 5.74) is 3.41. The number of carbonyl (C=O) groups excluding carboxylic acids is 1. The Morgan fingerprint density at radius 3 is 2.45 bits per heavy atom. The van der Waals surface area contributed by atoms with Crippen molar-refractivity contribution in [1.82, 2.24) is 9.78 Å². The van der Waals surface area contributed by atoms with Gasteiger partial charge in [0, 0.05) is 30.3 Å². The average molecular weight is 391 g/mol. The van der Waals surface area contributed by atoms with E-state index in [1.165, 1.54) is 16.3 Å². The third kappa shape index (κ3) is 5.78. The normalized spacial score (nSPS) is 10.6. The Balaban J connectivity index is 1.55. The first-order valence-electron chi connectivity index (χ1n) is 9.73. The van der Waals surface area contributed by atoms with Gasteiger partial charge in [-0.2, -0.15) is 5.10 Å². The Hall–Kier alpha value is -3.41. The van der Waals surface area contributed by atoms with Gasteiger partial charge in [-0.05, 0) is 50.6 Å². The highest BCUT2D eigenvalue weighted by Gasteiger charge is 2.06. The van der Waals surface area contributed by atoms with Crippen molar-refractivity contribution in [3.63, 3.8) is 0 Å². The highest BCUT2D eigenvalue weighted by Crippen LogP contribution is 2.17. The summed E-state index contributed by atoms with van der Waals surface area (Å²) in [6.07, 6.45) is 0.823. The molecule has 29 heavy (non-hydrogen) atoms. The van der Waals surface area contributed by atoms with E-state index in [4.69, 9.17) is 4.74 Å². The number of amides is 1. The second-order valence-electron chi connectivity index (χ2n) is 6.76. The van der Waals surface area contributed by atoms with Gasteiger partial charge in [0.15, 0.2) is 0 Å². The molecule has 6 heteroatoms. The molecule has 0 aliphatic rings. The summed E-state index contributed by atoms with van der Waals surface area (Å²) in [6.45, 7) is 4.93. The number of ether oxygens (including phenoxy) is 1. The zero-order valence-electron chi connectivity index (χ0n) is 16.7. The van der Waals surface area contributed by atoms with Gasteiger partial charge in [-0.3, -0.25) is 9.59 Å². The van der Waals surface area contributed by atoms with Crippen molar-refractivity contribution >= 4 is 11.6 Å². The van der Waals surface area contributed by atoms with Gasteiger partial charge in [0.1, 0.15) is 5.75 Å². The molecule has 0 aliphatic carbocycles. The van der Waals surface area contributed by atoms with Crippen LogP contribution in [0.25, 0.3) is 11.3 Å². The number of benzene rings is 2. The van der Waals surface area contributed by atoms with Crippen molar-refractivity contribution < 1.29 is 9.53 Å². The largest absolute Gasteiger partial charge is 0.494 e. The molecular weight excluding hydrogens is 366 g/mol. The van der Waals surface area contributed by atoms with E-state index in [-0.39, 0.29) is 11.5 Å². The van der Waals surface area contributed by atoms with E-state index in [1.54, 1.807) is 18.2 Å². The molecule has 0 aliphatic heterocycles. The topological polar surface area (TPSA) is 73.2 Å². The minimum absolute atomic E-state index is 0.100. The van der Waals surface area contributed by atoms with Crippen molar-refractivity contribution in [3.8, 4) is 17.0 Å². The van der Waals surface area contributed by atoms with Gasteiger partial charge in [0.2, 0.25) is 5.91 Å². The molecule has 1 amide bonds. The first-order valence-corrected chi connectivity index (χ1v) is 9.73. The van der Waals surface area contributed by atoms with Gasteiger partial charge in [-0.15, -0.1) is 0 Å². The summed E-state index contributed by atoms with van der Waals surface area (Å²) in [7, 11) is 0. The van der Waals surface area contributed by atoms with Gasteiger partial charge in [0.25, 0.3) is 5.56 Å². The van der Waals surface area contributed by atoms with E-state index >= 15 is 0 Å². The molecule has 3 aromatic rings. The van der Waals surface area contributed by atoms with Crippen LogP contribution < -0.4 is 15.6 Å². The van der Waals surface area contributed by atoms with Crippen LogP contribution in [-0.4, -0.2) is 22.3 Å². The van der Waals surface area contributed by atoms with E-state index in [1.807, 2.05) is 50.2 Å². The highest BCUT2D eigenvalue weighted by molar-refractivity contribution is 5.90. The maximum atomic E-state index is 12.2. The average Bonchev–Trinajstić information content (AvgIpc) is 2.72. The van der Waals surface area contributed by atoms with Crippen LogP contribution in [0.2, 0.25) is 0 Å². The molecular formula is C23H25N3O3. The Labute approximate surface area is 170 Å². The monoisotopic (exact) mass is 391 g/mol. The number of hydrogen-bond acceptors (Lipinski definition) is 4. The van der Waals surface area contributed by atoms with Gasteiger partial charge in [0.05, 0.1) is 12.3 Å². The summed E-state index contributed by atoms with van der Waals surface area (Å²) >= 11 is 0. The van der Waals surface area contributed by atoms with E-state index < -0.39 is 0 Å². The fourth-order valence-electron chi connectivity index (χ4n) is 2.90. The molecule has 1 N–H and O–H groups in total. The third-order valence-electron chi connectivity index (χ3n) is 4.44. The number of nitrogens with zero attached hydrogens (tertiary/aromatic N) is 2. The Kier molecular flexibility index (Phi) is 6.79. The summed E-state index contributed by atoms with van der Waals surface area (Å²) in [5.74, 6) is 0.668. The molecule has 0 spiro atoms. The van der Waals surface area contributed by atoms with Crippen molar-refractivity contribution in [3.05, 3.63) is 76.6 Å². The molecule has 0 saturated heterocycles. The molecule has 0 bridgehead atoms. The summed E-state index contributed by atoms with van der Waals surface area (Å²) in [5, 5.41) is 7.29. The van der Waals surface area contributed by atoms with Crippen molar-refractivity contribution in [2.45, 2.75) is 33.2 Å². The quantitative estimate of drug-likeness (QED) is 0.629. The Morgan fingerprint density at radius 2 is 1.76 bits per heavy atom. The van der Waals surface area contributed by atoms with Crippen LogP contribution in [0.3, 0.4) is 0 Å². The van der Waals surface area contributed by atoms with Gasteiger partial charge < -0.3 is 10.1 Å². The first-order chi connectivity index (χ1) is 14.0. The van der Waals surface area contributed by atoms with Crippen LogP contribution in [0, 0.1) is 6.92 Å². The second-order valence-corrected chi connectivity index (χ2v) is 6.76. The molecule has 0 radical (unpaired) electrons. The maximum Gasteiger partial charge on any atom is 0.266 e. The first kappa shape index (κ1) is 20.3. The molecule has 3 rings (SSSR count). The number of hydrogen-bond donors (Lipinski definition) is 1. The summed E-state index contributed by atoms with van der Waals surface area (Å²) in [4.78, 5) is 24.3. The molecule has 1 heterocycles. The minimum Gasteiger partial charge on any atom is -0.494 e. The lowest BCUT2D eigenvalue weighted by Crippen LogP contribution is -2.23. The van der Waals surface area contributed by atoms with E-state index in [0.29, 0.717) is 26.0 Å². The molecule has 150 valence electrons. The van der Waals surface area contributed by atoms with Crippen LogP contribution in [0.4, 0.5) is 5.69 Å². The SMILES string of the molecule is CCOc1ccc(NC(=O)CCCn2nc(-c3ccc(C)cc3)ccc2=O)cc1. The van der Waals surface area contributed by atoms with Gasteiger partial charge in [-0.1, -0.05) is 29.8 Å². The van der Waals surface area contributed by atoms with E-state index in [2.05, 4.69) is 10.4 Å². The van der Waals surface area contributed by atoms with Crippen LogP contribution in [0.1, 0.15) is 25.3 Å². The molecule has 6 nitrogen and oxygen atoms in total. The lowest BCUT2D eigenvalue weighted by molar-refractivity contribution is -0.116. The van der Waals surface area contributed by atoms with Crippen LogP contribution in [0.5, 0.6) is 5.75 Å². The number of nitrogens with one attached hydrogen (secondary N) is 1. The third-order valence-corrected chi connectivity index (χ3v) is 4.44. The molecule has 1 aromatic heterocycles. The Morgan fingerprint density at radius 1 is 1.03 bits per heavy atom. The fraction of sp³-hybridized carbons (Fsp3) is 0.261. The van der Waals surface area contributed by atoms with Crippen molar-refractivity contribution in [2.24, 2.45) is 0 Å². The maximum absolute atomic E-state index is 12.2. The minimum atomic E-state index is -0.173. The zero-order chi connectivity index (χ0) is 20.6. The second kappa shape index (κ2) is 9.68. The van der Waals surface area contributed by atoms with Crippen LogP contribution in [0.15, 0.2) is 65.5 Å². The molecule has 0 unspecified atom stereocenters. The van der Waals surface area contributed by atoms with E-state index in [0.717, 1.165) is 22.7 Å². The number of rotatable bonds is 8. The van der Waals surface area contributed by atoms with Crippen molar-refractivity contribution in [2.75, 3.05) is 11.9 Å². The molecule has 0 saturated carbocycles. The number of aryl methyl sites for hydroxylation is 2. The summed E-state index contributed by atoms with van der Waals surface area (Å²) < 4.78 is 6.80. The Bertz CT molecular complexity index is 1010. The standard InChI is InChI=1S/C23H25N3O3/c1-3-29-20-12-10-19(11-13-20)24-22(27)5-4-16-26-23(28)15-14-21(25-26)18-8-6-17(2)7-9-18/h6-15H,3-5,16H2,1-2H3,(H,24,27). The van der Waals surface area contributed by atoms with Gasteiger partial charge in [-0.25, -0.2) is 4.68 Å². The molecule has 0 fully saturated rings. The van der Waals surface area contributed by atoms with Crippen LogP contribution >= 0.6 is 0 Å². The zero-order valence-corrected chi connectivity index (χ0v) is 16.7. The number of aromatic nitrogens is 2. The molecule has 0 atom stereocenters.